The second-order valence-corrected chi connectivity index (χ2v) is 9.40. The van der Waals surface area contributed by atoms with Crippen LogP contribution in [0.2, 0.25) is 10.0 Å². The lowest BCUT2D eigenvalue weighted by molar-refractivity contribution is 0.102. The number of amides is 1. The van der Waals surface area contributed by atoms with Crippen LogP contribution in [-0.2, 0) is 10.0 Å². The molecule has 1 heterocycles. The average Bonchev–Trinajstić information content (AvgIpc) is 3.21. The van der Waals surface area contributed by atoms with Gasteiger partial charge in [-0.3, -0.25) is 9.10 Å². The van der Waals surface area contributed by atoms with E-state index in [0.717, 1.165) is 4.31 Å². The Hall–Kier alpha value is -2.94. The first-order chi connectivity index (χ1) is 14.8. The molecule has 0 radical (unpaired) electrons. The van der Waals surface area contributed by atoms with E-state index in [1.807, 2.05) is 0 Å². The van der Waals surface area contributed by atoms with Crippen molar-refractivity contribution in [3.8, 4) is 11.5 Å². The van der Waals surface area contributed by atoms with Crippen LogP contribution in [0.1, 0.15) is 10.4 Å². The van der Waals surface area contributed by atoms with Crippen LogP contribution in [-0.4, -0.2) is 28.2 Å². The molecule has 1 N–H and O–H groups in total. The van der Waals surface area contributed by atoms with Gasteiger partial charge in [-0.2, -0.15) is 0 Å². The molecule has 1 aliphatic heterocycles. The normalized spacial score (nSPS) is 12.5. The van der Waals surface area contributed by atoms with Gasteiger partial charge in [-0.15, -0.1) is 0 Å². The summed E-state index contributed by atoms with van der Waals surface area (Å²) in [5.74, 6) is 0.603. The van der Waals surface area contributed by atoms with E-state index < -0.39 is 15.9 Å². The van der Waals surface area contributed by atoms with Crippen LogP contribution < -0.4 is 19.1 Å². The van der Waals surface area contributed by atoms with Crippen LogP contribution in [0, 0.1) is 0 Å². The van der Waals surface area contributed by atoms with E-state index in [-0.39, 0.29) is 22.3 Å². The Balaban J connectivity index is 1.61. The van der Waals surface area contributed by atoms with Crippen LogP contribution in [0.4, 0.5) is 11.4 Å². The summed E-state index contributed by atoms with van der Waals surface area (Å²) in [5, 5.41) is 3.19. The summed E-state index contributed by atoms with van der Waals surface area (Å²) < 4.78 is 37.9. The molecule has 0 spiro atoms. The average molecular weight is 479 g/mol. The van der Waals surface area contributed by atoms with Crippen LogP contribution in [0.15, 0.2) is 65.6 Å². The van der Waals surface area contributed by atoms with E-state index in [4.69, 9.17) is 32.7 Å². The quantitative estimate of drug-likeness (QED) is 0.569. The SMILES string of the molecule is CN(c1ccc(Cl)cc1)S(=O)(=O)c1cc(C(=O)Nc2ccc3c(c2)OCO3)ccc1Cl. The molecule has 0 aliphatic carbocycles. The third kappa shape index (κ3) is 4.27. The van der Waals surface area contributed by atoms with Crippen molar-refractivity contribution >= 4 is 50.5 Å². The highest BCUT2D eigenvalue weighted by atomic mass is 35.5. The van der Waals surface area contributed by atoms with Gasteiger partial charge in [-0.1, -0.05) is 23.2 Å². The third-order valence-corrected chi connectivity index (χ3v) is 7.17. The zero-order chi connectivity index (χ0) is 22.2. The number of carbonyl (C=O) groups excluding carboxylic acids is 1. The molecule has 1 amide bonds. The topological polar surface area (TPSA) is 84.9 Å². The first-order valence-electron chi connectivity index (χ1n) is 9.01. The van der Waals surface area contributed by atoms with E-state index in [9.17, 15) is 13.2 Å². The maximum absolute atomic E-state index is 13.1. The number of fused-ring (bicyclic) bond motifs is 1. The molecule has 0 atom stereocenters. The molecule has 1 aliphatic rings. The third-order valence-electron chi connectivity index (χ3n) is 4.65. The Morgan fingerprint density at radius 1 is 0.968 bits per heavy atom. The molecule has 0 saturated heterocycles. The molecular formula is C21H16Cl2N2O5S. The number of anilines is 2. The van der Waals surface area contributed by atoms with Gasteiger partial charge in [0, 0.05) is 29.4 Å². The van der Waals surface area contributed by atoms with Gasteiger partial charge in [0.15, 0.2) is 11.5 Å². The van der Waals surface area contributed by atoms with Crippen molar-refractivity contribution in [2.75, 3.05) is 23.5 Å². The molecule has 0 unspecified atom stereocenters. The maximum Gasteiger partial charge on any atom is 0.265 e. The zero-order valence-electron chi connectivity index (χ0n) is 16.1. The van der Waals surface area contributed by atoms with Gasteiger partial charge in [0.05, 0.1) is 10.7 Å². The molecule has 0 fully saturated rings. The van der Waals surface area contributed by atoms with E-state index in [1.54, 1.807) is 42.5 Å². The number of halogens is 2. The predicted octanol–water partition coefficient (Wildman–Crippen LogP) is 4.80. The van der Waals surface area contributed by atoms with E-state index in [1.165, 1.54) is 25.2 Å². The summed E-state index contributed by atoms with van der Waals surface area (Å²) in [4.78, 5) is 12.5. The minimum absolute atomic E-state index is 0.000410. The summed E-state index contributed by atoms with van der Waals surface area (Å²) in [7, 11) is -2.63. The van der Waals surface area contributed by atoms with E-state index in [0.29, 0.717) is 27.9 Å². The van der Waals surface area contributed by atoms with Crippen molar-refractivity contribution in [2.45, 2.75) is 4.90 Å². The van der Waals surface area contributed by atoms with Crippen molar-refractivity contribution in [3.63, 3.8) is 0 Å². The van der Waals surface area contributed by atoms with Crippen molar-refractivity contribution in [1.29, 1.82) is 0 Å². The molecule has 160 valence electrons. The van der Waals surface area contributed by atoms with Gasteiger partial charge in [0.25, 0.3) is 15.9 Å². The number of nitrogens with zero attached hydrogens (tertiary/aromatic N) is 1. The molecule has 3 aromatic rings. The molecule has 10 heteroatoms. The van der Waals surface area contributed by atoms with Gasteiger partial charge in [-0.25, -0.2) is 8.42 Å². The van der Waals surface area contributed by atoms with Gasteiger partial charge in [0.2, 0.25) is 6.79 Å². The molecule has 0 bridgehead atoms. The predicted molar refractivity (Wildman–Crippen MR) is 119 cm³/mol. The summed E-state index contributed by atoms with van der Waals surface area (Å²) in [6.45, 7) is 0.117. The lowest BCUT2D eigenvalue weighted by atomic mass is 10.2. The van der Waals surface area contributed by atoms with Crippen LogP contribution in [0.5, 0.6) is 11.5 Å². The number of hydrogen-bond acceptors (Lipinski definition) is 5. The monoisotopic (exact) mass is 478 g/mol. The summed E-state index contributed by atoms with van der Waals surface area (Å²) in [5.41, 5.74) is 1.01. The van der Waals surface area contributed by atoms with Crippen molar-refractivity contribution in [3.05, 3.63) is 76.3 Å². The minimum atomic E-state index is -4.03. The second-order valence-electron chi connectivity index (χ2n) is 6.62. The van der Waals surface area contributed by atoms with Gasteiger partial charge in [-0.05, 0) is 54.6 Å². The first kappa shape index (κ1) is 21.3. The zero-order valence-corrected chi connectivity index (χ0v) is 18.5. The fourth-order valence-electron chi connectivity index (χ4n) is 2.96. The summed E-state index contributed by atoms with van der Waals surface area (Å²) >= 11 is 12.1. The molecule has 0 saturated carbocycles. The molecule has 31 heavy (non-hydrogen) atoms. The number of hydrogen-bond donors (Lipinski definition) is 1. The van der Waals surface area contributed by atoms with E-state index in [2.05, 4.69) is 5.32 Å². The summed E-state index contributed by atoms with van der Waals surface area (Å²) in [6.07, 6.45) is 0. The molecule has 7 nitrogen and oxygen atoms in total. The number of sulfonamides is 1. The van der Waals surface area contributed by atoms with Crippen molar-refractivity contribution in [2.24, 2.45) is 0 Å². The van der Waals surface area contributed by atoms with Gasteiger partial charge < -0.3 is 14.8 Å². The smallest absolute Gasteiger partial charge is 0.265 e. The Morgan fingerprint density at radius 2 is 1.68 bits per heavy atom. The summed E-state index contributed by atoms with van der Waals surface area (Å²) in [6, 6.07) is 15.3. The number of carbonyl (C=O) groups is 1. The highest BCUT2D eigenvalue weighted by Gasteiger charge is 2.26. The Morgan fingerprint density at radius 3 is 2.42 bits per heavy atom. The number of rotatable bonds is 5. The second kappa shape index (κ2) is 8.30. The highest BCUT2D eigenvalue weighted by Crippen LogP contribution is 2.34. The minimum Gasteiger partial charge on any atom is -0.454 e. The van der Waals surface area contributed by atoms with Gasteiger partial charge in [0.1, 0.15) is 4.90 Å². The molecular weight excluding hydrogens is 463 g/mol. The van der Waals surface area contributed by atoms with Crippen LogP contribution in [0.3, 0.4) is 0 Å². The lowest BCUT2D eigenvalue weighted by Crippen LogP contribution is -2.27. The number of ether oxygens (including phenoxy) is 2. The fourth-order valence-corrected chi connectivity index (χ4v) is 4.78. The standard InChI is InChI=1S/C21H16Cl2N2O5S/c1-25(16-6-3-14(22)4-7-16)31(27,28)20-10-13(2-8-17(20)23)21(26)24-15-5-9-18-19(11-15)30-12-29-18/h2-11H,12H2,1H3,(H,24,26). The largest absolute Gasteiger partial charge is 0.454 e. The fraction of sp³-hybridized carbons (Fsp3) is 0.0952. The van der Waals surface area contributed by atoms with Crippen molar-refractivity contribution < 1.29 is 22.7 Å². The Bertz CT molecular complexity index is 1260. The molecule has 4 rings (SSSR count). The Labute approximate surface area is 189 Å². The maximum atomic E-state index is 13.1. The number of nitrogens with one attached hydrogen (secondary N) is 1. The van der Waals surface area contributed by atoms with E-state index >= 15 is 0 Å². The highest BCUT2D eigenvalue weighted by molar-refractivity contribution is 7.93. The van der Waals surface area contributed by atoms with Crippen molar-refractivity contribution in [1.82, 2.24) is 0 Å². The van der Waals surface area contributed by atoms with Crippen LogP contribution in [0.25, 0.3) is 0 Å². The number of benzene rings is 3. The molecule has 3 aromatic carbocycles. The van der Waals surface area contributed by atoms with Crippen LogP contribution >= 0.6 is 23.2 Å². The lowest BCUT2D eigenvalue weighted by Gasteiger charge is -2.20. The Kier molecular flexibility index (Phi) is 5.70. The molecule has 0 aromatic heterocycles. The van der Waals surface area contributed by atoms with Gasteiger partial charge >= 0.3 is 0 Å². The first-order valence-corrected chi connectivity index (χ1v) is 11.2.